The first-order valence-corrected chi connectivity index (χ1v) is 11.0. The van der Waals surface area contributed by atoms with Gasteiger partial charge in [0.2, 0.25) is 6.79 Å². The maximum atomic E-state index is 13.2. The molecule has 2 aliphatic heterocycles. The number of hydrogen-bond acceptors (Lipinski definition) is 8. The first-order valence-electron chi connectivity index (χ1n) is 10.1. The van der Waals surface area contributed by atoms with Gasteiger partial charge in [-0.15, -0.1) is 0 Å². The molecule has 0 saturated heterocycles. The molecule has 2 aliphatic rings. The standard InChI is InChI=1S/C23H17N3O5S/c27-22(12-32-23-24-15-4-1-2-5-19(15)31-23)26-17(11-16(25-26)18-6-3-9-28-18)14-7-8-20-21(10-14)30-13-29-20/h1-10,17H,11-13H2. The number of nitrogens with zero attached hydrogens (tertiary/aromatic N) is 3. The minimum atomic E-state index is -0.277. The lowest BCUT2D eigenvalue weighted by atomic mass is 10.0. The van der Waals surface area contributed by atoms with Crippen LogP contribution in [0, 0.1) is 0 Å². The number of rotatable bonds is 5. The number of hydrazone groups is 1. The van der Waals surface area contributed by atoms with Gasteiger partial charge in [0.25, 0.3) is 11.1 Å². The molecule has 4 heterocycles. The van der Waals surface area contributed by atoms with Crippen molar-refractivity contribution in [2.45, 2.75) is 17.7 Å². The van der Waals surface area contributed by atoms with Crippen LogP contribution in [-0.4, -0.2) is 34.2 Å². The number of oxazole rings is 1. The third-order valence-electron chi connectivity index (χ3n) is 5.35. The zero-order chi connectivity index (χ0) is 21.5. The summed E-state index contributed by atoms with van der Waals surface area (Å²) in [6, 6.07) is 16.6. The highest BCUT2D eigenvalue weighted by molar-refractivity contribution is 7.99. The van der Waals surface area contributed by atoms with Gasteiger partial charge in [-0.25, -0.2) is 9.99 Å². The predicted octanol–water partition coefficient (Wildman–Crippen LogP) is 4.62. The molecule has 6 rings (SSSR count). The van der Waals surface area contributed by atoms with E-state index >= 15 is 0 Å². The first-order chi connectivity index (χ1) is 15.7. The van der Waals surface area contributed by atoms with Gasteiger partial charge in [0.05, 0.1) is 18.1 Å². The Kier molecular flexibility index (Phi) is 4.61. The van der Waals surface area contributed by atoms with Gasteiger partial charge in [0.15, 0.2) is 17.1 Å². The van der Waals surface area contributed by atoms with Gasteiger partial charge >= 0.3 is 0 Å². The van der Waals surface area contributed by atoms with Gasteiger partial charge < -0.3 is 18.3 Å². The number of fused-ring (bicyclic) bond motifs is 2. The van der Waals surface area contributed by atoms with Crippen molar-refractivity contribution in [2.75, 3.05) is 12.5 Å². The number of thioether (sulfide) groups is 1. The zero-order valence-electron chi connectivity index (χ0n) is 16.8. The number of para-hydroxylation sites is 2. The Morgan fingerprint density at radius 3 is 2.88 bits per heavy atom. The van der Waals surface area contributed by atoms with E-state index in [1.807, 2.05) is 48.5 Å². The summed E-state index contributed by atoms with van der Waals surface area (Å²) in [5.41, 5.74) is 3.10. The number of furan rings is 1. The fourth-order valence-corrected chi connectivity index (χ4v) is 4.51. The van der Waals surface area contributed by atoms with Crippen molar-refractivity contribution in [2.24, 2.45) is 5.10 Å². The first kappa shape index (κ1) is 19.0. The van der Waals surface area contributed by atoms with Crippen LogP contribution in [-0.2, 0) is 4.79 Å². The monoisotopic (exact) mass is 447 g/mol. The molecule has 0 radical (unpaired) electrons. The second-order valence-electron chi connectivity index (χ2n) is 7.33. The average molecular weight is 447 g/mol. The van der Waals surface area contributed by atoms with E-state index in [1.54, 1.807) is 12.3 Å². The van der Waals surface area contributed by atoms with Crippen molar-refractivity contribution in [3.8, 4) is 11.5 Å². The van der Waals surface area contributed by atoms with Crippen LogP contribution >= 0.6 is 11.8 Å². The Morgan fingerprint density at radius 1 is 1.09 bits per heavy atom. The van der Waals surface area contributed by atoms with Crippen LogP contribution in [0.3, 0.4) is 0 Å². The smallest absolute Gasteiger partial charge is 0.257 e. The number of aromatic nitrogens is 1. The van der Waals surface area contributed by atoms with E-state index in [2.05, 4.69) is 10.1 Å². The summed E-state index contributed by atoms with van der Waals surface area (Å²) in [7, 11) is 0. The molecular weight excluding hydrogens is 430 g/mol. The number of benzene rings is 2. The molecule has 0 aliphatic carbocycles. The highest BCUT2D eigenvalue weighted by Crippen LogP contribution is 2.39. The highest BCUT2D eigenvalue weighted by atomic mass is 32.2. The van der Waals surface area contributed by atoms with Gasteiger partial charge in [-0.3, -0.25) is 4.79 Å². The molecule has 1 unspecified atom stereocenters. The van der Waals surface area contributed by atoms with Crippen molar-refractivity contribution in [1.82, 2.24) is 9.99 Å². The fourth-order valence-electron chi connectivity index (χ4n) is 3.81. The lowest BCUT2D eigenvalue weighted by Gasteiger charge is -2.22. The second kappa shape index (κ2) is 7.76. The Bertz CT molecular complexity index is 1300. The number of hydrogen-bond donors (Lipinski definition) is 0. The molecule has 9 heteroatoms. The van der Waals surface area contributed by atoms with Gasteiger partial charge in [0.1, 0.15) is 17.0 Å². The summed E-state index contributed by atoms with van der Waals surface area (Å²) in [5, 5.41) is 6.58. The second-order valence-corrected chi connectivity index (χ2v) is 8.26. The minimum Gasteiger partial charge on any atom is -0.463 e. The molecular formula is C23H17N3O5S. The van der Waals surface area contributed by atoms with Crippen molar-refractivity contribution in [3.05, 3.63) is 72.2 Å². The van der Waals surface area contributed by atoms with E-state index in [9.17, 15) is 4.79 Å². The normalized spacial score (nSPS) is 17.2. The number of carbonyl (C=O) groups excluding carboxylic acids is 1. The van der Waals surface area contributed by atoms with Crippen molar-refractivity contribution in [1.29, 1.82) is 0 Å². The van der Waals surface area contributed by atoms with Gasteiger partial charge in [-0.2, -0.15) is 5.10 Å². The average Bonchev–Trinajstić information content (AvgIpc) is 3.61. The van der Waals surface area contributed by atoms with Crippen LogP contribution < -0.4 is 9.47 Å². The van der Waals surface area contributed by atoms with Crippen LogP contribution in [0.5, 0.6) is 11.5 Å². The number of carbonyl (C=O) groups is 1. The van der Waals surface area contributed by atoms with Crippen LogP contribution in [0.15, 0.2) is 80.0 Å². The molecule has 0 spiro atoms. The molecule has 1 amide bonds. The molecule has 1 atom stereocenters. The molecule has 8 nitrogen and oxygen atoms in total. The fraction of sp³-hybridized carbons (Fsp3) is 0.174. The summed E-state index contributed by atoms with van der Waals surface area (Å²) in [6.45, 7) is 0.196. The van der Waals surface area contributed by atoms with Crippen LogP contribution in [0.2, 0.25) is 0 Å². The molecule has 0 N–H and O–H groups in total. The summed E-state index contributed by atoms with van der Waals surface area (Å²) in [5.74, 6) is 2.01. The van der Waals surface area contributed by atoms with Crippen molar-refractivity contribution >= 4 is 34.5 Å². The maximum Gasteiger partial charge on any atom is 0.257 e. The molecule has 0 saturated carbocycles. The lowest BCUT2D eigenvalue weighted by Crippen LogP contribution is -2.28. The van der Waals surface area contributed by atoms with Gasteiger partial charge in [-0.05, 0) is 42.0 Å². The largest absolute Gasteiger partial charge is 0.463 e. The third kappa shape index (κ3) is 3.40. The maximum absolute atomic E-state index is 13.2. The van der Waals surface area contributed by atoms with E-state index in [-0.39, 0.29) is 24.5 Å². The zero-order valence-corrected chi connectivity index (χ0v) is 17.6. The van der Waals surface area contributed by atoms with E-state index < -0.39 is 0 Å². The molecule has 0 fully saturated rings. The third-order valence-corrected chi connectivity index (χ3v) is 6.16. The highest BCUT2D eigenvalue weighted by Gasteiger charge is 2.35. The lowest BCUT2D eigenvalue weighted by molar-refractivity contribution is -0.130. The number of amides is 1. The molecule has 2 aromatic heterocycles. The number of ether oxygens (including phenoxy) is 2. The quantitative estimate of drug-likeness (QED) is 0.412. The van der Waals surface area contributed by atoms with Gasteiger partial charge in [0, 0.05) is 6.42 Å². The van der Waals surface area contributed by atoms with E-state index in [0.717, 1.165) is 16.8 Å². The summed E-state index contributed by atoms with van der Waals surface area (Å²) < 4.78 is 22.2. The Morgan fingerprint density at radius 2 is 2.00 bits per heavy atom. The van der Waals surface area contributed by atoms with E-state index in [0.29, 0.717) is 34.5 Å². The van der Waals surface area contributed by atoms with Crippen LogP contribution in [0.4, 0.5) is 0 Å². The van der Waals surface area contributed by atoms with Crippen LogP contribution in [0.1, 0.15) is 23.8 Å². The molecule has 0 bridgehead atoms. The molecule has 160 valence electrons. The summed E-state index contributed by atoms with van der Waals surface area (Å²) in [6.07, 6.45) is 2.13. The van der Waals surface area contributed by atoms with Crippen molar-refractivity contribution in [3.63, 3.8) is 0 Å². The Balaban J connectivity index is 1.26. The SMILES string of the molecule is O=C(CSc1nc2ccccc2o1)N1N=C(c2ccco2)CC1c1ccc2c(c1)OCO2. The minimum absolute atomic E-state index is 0.142. The molecule has 32 heavy (non-hydrogen) atoms. The Hall–Kier alpha value is -3.72. The summed E-state index contributed by atoms with van der Waals surface area (Å²) >= 11 is 1.25. The van der Waals surface area contributed by atoms with Crippen molar-refractivity contribution < 1.29 is 23.1 Å². The van der Waals surface area contributed by atoms with E-state index in [1.165, 1.54) is 16.8 Å². The van der Waals surface area contributed by atoms with Gasteiger partial charge in [-0.1, -0.05) is 30.0 Å². The predicted molar refractivity (Wildman–Crippen MR) is 117 cm³/mol. The van der Waals surface area contributed by atoms with E-state index in [4.69, 9.17) is 18.3 Å². The Labute approximate surface area is 186 Å². The summed E-state index contributed by atoms with van der Waals surface area (Å²) in [4.78, 5) is 17.6. The molecule has 2 aromatic carbocycles. The molecule has 4 aromatic rings. The van der Waals surface area contributed by atoms with Crippen LogP contribution in [0.25, 0.3) is 11.1 Å². The topological polar surface area (TPSA) is 90.3 Å².